The van der Waals surface area contributed by atoms with Gasteiger partial charge in [0.15, 0.2) is 0 Å². The second kappa shape index (κ2) is 4.63. The summed E-state index contributed by atoms with van der Waals surface area (Å²) in [6, 6.07) is -0.0859. The Labute approximate surface area is 114 Å². The molecule has 1 aliphatic heterocycles. The molecule has 0 bridgehead atoms. The highest BCUT2D eigenvalue weighted by atomic mass is 16.2. The van der Waals surface area contributed by atoms with Gasteiger partial charge < -0.3 is 10.6 Å². The number of rotatable bonds is 1. The van der Waals surface area contributed by atoms with Crippen molar-refractivity contribution in [2.24, 2.45) is 12.8 Å². The second-order valence-corrected chi connectivity index (χ2v) is 6.51. The van der Waals surface area contributed by atoms with Gasteiger partial charge in [-0.25, -0.2) is 0 Å². The molecule has 1 fully saturated rings. The van der Waals surface area contributed by atoms with E-state index in [1.807, 2.05) is 25.0 Å². The van der Waals surface area contributed by atoms with Crippen LogP contribution in [0.25, 0.3) is 0 Å². The molecule has 1 aromatic heterocycles. The lowest BCUT2D eigenvalue weighted by molar-refractivity contribution is -0.135. The fraction of sp³-hybridized carbons (Fsp3) is 0.714. The van der Waals surface area contributed by atoms with Crippen LogP contribution >= 0.6 is 0 Å². The maximum Gasteiger partial charge on any atom is 0.222 e. The lowest BCUT2D eigenvalue weighted by Gasteiger charge is -2.38. The standard InChI is InChI=1S/C14H24N4O/c1-14(2,3)13-9(8-17(4)16-13)12-10(15)6-7-11(19)18(12)5/h8,10,12H,6-7,15H2,1-5H3. The summed E-state index contributed by atoms with van der Waals surface area (Å²) in [7, 11) is 3.75. The van der Waals surface area contributed by atoms with Crippen molar-refractivity contribution in [3.8, 4) is 0 Å². The summed E-state index contributed by atoms with van der Waals surface area (Å²) in [6.07, 6.45) is 3.28. The normalized spacial score (nSPS) is 24.9. The highest BCUT2D eigenvalue weighted by Gasteiger charge is 2.37. The largest absolute Gasteiger partial charge is 0.337 e. The molecule has 0 radical (unpaired) electrons. The van der Waals surface area contributed by atoms with Crippen LogP contribution in [-0.2, 0) is 17.3 Å². The summed E-state index contributed by atoms with van der Waals surface area (Å²) in [5, 5.41) is 4.57. The maximum atomic E-state index is 11.9. The van der Waals surface area contributed by atoms with E-state index in [0.717, 1.165) is 17.7 Å². The molecule has 0 aliphatic carbocycles. The molecule has 5 heteroatoms. The van der Waals surface area contributed by atoms with Gasteiger partial charge in [-0.2, -0.15) is 5.10 Å². The van der Waals surface area contributed by atoms with Gasteiger partial charge in [0.05, 0.1) is 11.7 Å². The number of nitrogens with two attached hydrogens (primary N) is 1. The number of hydrogen-bond donors (Lipinski definition) is 1. The molecule has 2 N–H and O–H groups in total. The number of carbonyl (C=O) groups excluding carboxylic acids is 1. The fourth-order valence-corrected chi connectivity index (χ4v) is 2.81. The van der Waals surface area contributed by atoms with E-state index in [0.29, 0.717) is 6.42 Å². The maximum absolute atomic E-state index is 11.9. The number of carbonyl (C=O) groups is 1. The van der Waals surface area contributed by atoms with Gasteiger partial charge in [0, 0.05) is 43.7 Å². The van der Waals surface area contributed by atoms with Gasteiger partial charge in [0.1, 0.15) is 0 Å². The minimum absolute atomic E-state index is 0.0204. The predicted molar refractivity (Wildman–Crippen MR) is 74.6 cm³/mol. The van der Waals surface area contributed by atoms with Crippen LogP contribution in [-0.4, -0.2) is 33.7 Å². The highest BCUT2D eigenvalue weighted by Crippen LogP contribution is 2.35. The summed E-state index contributed by atoms with van der Waals surface area (Å²) in [5.41, 5.74) is 8.30. The molecule has 0 spiro atoms. The molecule has 0 aromatic carbocycles. The zero-order valence-electron chi connectivity index (χ0n) is 12.5. The fourth-order valence-electron chi connectivity index (χ4n) is 2.81. The van der Waals surface area contributed by atoms with Gasteiger partial charge in [0.25, 0.3) is 0 Å². The summed E-state index contributed by atoms with van der Waals surface area (Å²) in [6.45, 7) is 6.40. The van der Waals surface area contributed by atoms with Crippen molar-refractivity contribution < 1.29 is 4.79 Å². The zero-order valence-corrected chi connectivity index (χ0v) is 12.5. The molecule has 2 atom stereocenters. The van der Waals surface area contributed by atoms with Gasteiger partial charge >= 0.3 is 0 Å². The lowest BCUT2D eigenvalue weighted by atomic mass is 9.83. The van der Waals surface area contributed by atoms with Crippen LogP contribution in [0.3, 0.4) is 0 Å². The van der Waals surface area contributed by atoms with Gasteiger partial charge in [-0.05, 0) is 6.42 Å². The second-order valence-electron chi connectivity index (χ2n) is 6.51. The first-order valence-electron chi connectivity index (χ1n) is 6.77. The number of likely N-dealkylation sites (N-methyl/N-ethyl adjacent to an activating group) is 1. The van der Waals surface area contributed by atoms with Gasteiger partial charge in [-0.3, -0.25) is 9.48 Å². The molecule has 1 aromatic rings. The van der Waals surface area contributed by atoms with E-state index in [1.54, 1.807) is 4.90 Å². The number of aryl methyl sites for hydroxylation is 1. The van der Waals surface area contributed by atoms with E-state index in [2.05, 4.69) is 25.9 Å². The van der Waals surface area contributed by atoms with E-state index in [4.69, 9.17) is 5.73 Å². The van der Waals surface area contributed by atoms with Crippen molar-refractivity contribution in [1.29, 1.82) is 0 Å². The molecule has 1 aliphatic rings. The minimum atomic E-state index is -0.0656. The van der Waals surface area contributed by atoms with Gasteiger partial charge in [-0.1, -0.05) is 20.8 Å². The number of amides is 1. The molecule has 19 heavy (non-hydrogen) atoms. The van der Waals surface area contributed by atoms with Crippen molar-refractivity contribution in [3.63, 3.8) is 0 Å². The molecule has 2 heterocycles. The lowest BCUT2D eigenvalue weighted by Crippen LogP contribution is -2.47. The van der Waals surface area contributed by atoms with Crippen LogP contribution in [0.4, 0.5) is 0 Å². The molecular formula is C14H24N4O. The molecule has 2 unspecified atom stereocenters. The van der Waals surface area contributed by atoms with Crippen LogP contribution in [0.1, 0.15) is 50.9 Å². The number of nitrogens with zero attached hydrogens (tertiary/aromatic N) is 3. The Morgan fingerprint density at radius 2 is 2.00 bits per heavy atom. The average Bonchev–Trinajstić information content (AvgIpc) is 2.66. The molecule has 106 valence electrons. The molecule has 1 amide bonds. The van der Waals surface area contributed by atoms with Crippen LogP contribution in [0.2, 0.25) is 0 Å². The third kappa shape index (κ3) is 2.52. The Balaban J connectivity index is 2.48. The van der Waals surface area contributed by atoms with Gasteiger partial charge in [0.2, 0.25) is 5.91 Å². The molecular weight excluding hydrogens is 240 g/mol. The van der Waals surface area contributed by atoms with E-state index in [1.165, 1.54) is 0 Å². The predicted octanol–water partition coefficient (Wildman–Crippen LogP) is 1.34. The first kappa shape index (κ1) is 14.1. The van der Waals surface area contributed by atoms with Crippen LogP contribution in [0.5, 0.6) is 0 Å². The summed E-state index contributed by atoms with van der Waals surface area (Å²) >= 11 is 0. The number of likely N-dealkylation sites (tertiary alicyclic amines) is 1. The van der Waals surface area contributed by atoms with E-state index >= 15 is 0 Å². The van der Waals surface area contributed by atoms with Crippen molar-refractivity contribution in [2.45, 2.75) is 51.1 Å². The van der Waals surface area contributed by atoms with Crippen molar-refractivity contribution in [3.05, 3.63) is 17.5 Å². The SMILES string of the molecule is CN1C(=O)CCC(N)C1c1cn(C)nc1C(C)(C)C. The van der Waals surface area contributed by atoms with E-state index in [-0.39, 0.29) is 23.4 Å². The molecule has 2 rings (SSSR count). The Kier molecular flexibility index (Phi) is 3.43. The number of piperidine rings is 1. The molecule has 0 saturated carbocycles. The third-order valence-corrected chi connectivity index (χ3v) is 3.79. The Morgan fingerprint density at radius 1 is 1.37 bits per heavy atom. The smallest absolute Gasteiger partial charge is 0.222 e. The number of aromatic nitrogens is 2. The first-order valence-corrected chi connectivity index (χ1v) is 6.77. The molecule has 1 saturated heterocycles. The van der Waals surface area contributed by atoms with Crippen LogP contribution in [0, 0.1) is 0 Å². The van der Waals surface area contributed by atoms with E-state index < -0.39 is 0 Å². The Bertz CT molecular complexity index is 486. The van der Waals surface area contributed by atoms with Crippen molar-refractivity contribution in [2.75, 3.05) is 7.05 Å². The quantitative estimate of drug-likeness (QED) is 0.832. The van der Waals surface area contributed by atoms with Crippen molar-refractivity contribution >= 4 is 5.91 Å². The van der Waals surface area contributed by atoms with Crippen LogP contribution < -0.4 is 5.73 Å². The first-order chi connectivity index (χ1) is 8.71. The monoisotopic (exact) mass is 264 g/mol. The molecule has 5 nitrogen and oxygen atoms in total. The Hall–Kier alpha value is -1.36. The summed E-state index contributed by atoms with van der Waals surface area (Å²) < 4.78 is 1.82. The third-order valence-electron chi connectivity index (χ3n) is 3.79. The minimum Gasteiger partial charge on any atom is -0.337 e. The number of hydrogen-bond acceptors (Lipinski definition) is 3. The van der Waals surface area contributed by atoms with Gasteiger partial charge in [-0.15, -0.1) is 0 Å². The van der Waals surface area contributed by atoms with E-state index in [9.17, 15) is 4.79 Å². The topological polar surface area (TPSA) is 64.2 Å². The van der Waals surface area contributed by atoms with Crippen LogP contribution in [0.15, 0.2) is 6.20 Å². The summed E-state index contributed by atoms with van der Waals surface area (Å²) in [4.78, 5) is 13.7. The summed E-state index contributed by atoms with van der Waals surface area (Å²) in [5.74, 6) is 0.162. The zero-order chi connectivity index (χ0) is 14.4. The van der Waals surface area contributed by atoms with Crippen molar-refractivity contribution in [1.82, 2.24) is 14.7 Å². The average molecular weight is 264 g/mol. The Morgan fingerprint density at radius 3 is 2.58 bits per heavy atom. The highest BCUT2D eigenvalue weighted by molar-refractivity contribution is 5.77.